The third-order valence-electron chi connectivity index (χ3n) is 7.55. The van der Waals surface area contributed by atoms with Crippen molar-refractivity contribution in [2.45, 2.75) is 72.1 Å². The fraction of sp³-hybridized carbons (Fsp3) is 0.438. The summed E-state index contributed by atoms with van der Waals surface area (Å²) in [6.07, 6.45) is 13.5. The first-order valence-electron chi connectivity index (χ1n) is 13.6. The highest BCUT2D eigenvalue weighted by molar-refractivity contribution is 14.1. The summed E-state index contributed by atoms with van der Waals surface area (Å²) in [5.74, 6) is 0. The van der Waals surface area contributed by atoms with Crippen LogP contribution in [-0.4, -0.2) is 0 Å². The van der Waals surface area contributed by atoms with Crippen LogP contribution in [0.4, 0.5) is 0 Å². The number of aryl methyl sites for hydroxylation is 2. The van der Waals surface area contributed by atoms with Crippen molar-refractivity contribution in [3.63, 3.8) is 0 Å². The lowest BCUT2D eigenvalue weighted by Crippen LogP contribution is -2.35. The van der Waals surface area contributed by atoms with Gasteiger partial charge >= 0.3 is 0 Å². The largest absolute Gasteiger partial charge is 0.212 e. The lowest BCUT2D eigenvalue weighted by atomic mass is 10.0. The zero-order chi connectivity index (χ0) is 25.3. The van der Waals surface area contributed by atoms with Crippen molar-refractivity contribution in [3.05, 3.63) is 84.2 Å². The van der Waals surface area contributed by atoms with Crippen molar-refractivity contribution < 1.29 is 9.13 Å². The van der Waals surface area contributed by atoms with Crippen LogP contribution in [0, 0.1) is 0 Å². The zero-order valence-electron chi connectivity index (χ0n) is 21.8. The molecule has 0 N–H and O–H groups in total. The number of pyridine rings is 2. The number of unbranched alkanes of at least 4 members (excludes halogenated alkanes) is 7. The van der Waals surface area contributed by atoms with E-state index in [4.69, 9.17) is 0 Å². The van der Waals surface area contributed by atoms with Crippen molar-refractivity contribution in [2.24, 2.45) is 14.1 Å². The molecule has 0 aliphatic heterocycles. The number of benzene rings is 2. The molecule has 2 aromatic carbocycles. The zero-order valence-corrected chi connectivity index (χ0v) is 26.1. The Bertz CT molecular complexity index is 1170. The van der Waals surface area contributed by atoms with E-state index in [0.717, 1.165) is 0 Å². The van der Waals surface area contributed by atoms with Crippen molar-refractivity contribution in [2.75, 3.05) is 0 Å². The van der Waals surface area contributed by atoms with Crippen LogP contribution >= 0.6 is 45.2 Å². The van der Waals surface area contributed by atoms with Crippen molar-refractivity contribution in [1.82, 2.24) is 0 Å². The van der Waals surface area contributed by atoms with Crippen molar-refractivity contribution >= 4 is 67.0 Å². The molecular formula is C32H40I2N2+2. The van der Waals surface area contributed by atoms with Crippen LogP contribution in [-0.2, 0) is 14.1 Å². The smallest absolute Gasteiger partial charge is 0.197 e. The van der Waals surface area contributed by atoms with E-state index in [1.165, 1.54) is 97.4 Å². The van der Waals surface area contributed by atoms with Gasteiger partial charge in [0.1, 0.15) is 14.1 Å². The van der Waals surface area contributed by atoms with Gasteiger partial charge in [-0.3, -0.25) is 0 Å². The molecular weight excluding hydrogens is 666 g/mol. The van der Waals surface area contributed by atoms with Crippen LogP contribution in [0.1, 0.15) is 83.4 Å². The van der Waals surface area contributed by atoms with Crippen LogP contribution in [0.15, 0.2) is 72.8 Å². The maximum atomic E-state index is 2.64. The molecule has 2 nitrogen and oxygen atoms in total. The molecule has 36 heavy (non-hydrogen) atoms. The van der Waals surface area contributed by atoms with Gasteiger partial charge in [0.15, 0.2) is 11.4 Å². The quantitative estimate of drug-likeness (QED) is 0.0567. The maximum absolute atomic E-state index is 2.64. The summed E-state index contributed by atoms with van der Waals surface area (Å²) in [5.41, 5.74) is 5.55. The highest BCUT2D eigenvalue weighted by Crippen LogP contribution is 2.30. The molecule has 0 amide bonds. The third-order valence-corrected chi connectivity index (χ3v) is 10.1. The minimum atomic E-state index is 0.586. The second kappa shape index (κ2) is 14.0. The molecule has 2 heterocycles. The highest BCUT2D eigenvalue weighted by Gasteiger charge is 2.20. The summed E-state index contributed by atoms with van der Waals surface area (Å²) < 4.78 is 5.94. The topological polar surface area (TPSA) is 7.76 Å². The minimum Gasteiger partial charge on any atom is -0.197 e. The Kier molecular flexibility index (Phi) is 10.8. The van der Waals surface area contributed by atoms with Gasteiger partial charge in [-0.15, -0.1) is 0 Å². The molecule has 4 aromatic rings. The fourth-order valence-corrected chi connectivity index (χ4v) is 7.48. The molecule has 0 radical (unpaired) electrons. The molecule has 190 valence electrons. The van der Waals surface area contributed by atoms with Gasteiger partial charge in [0.05, 0.1) is 7.85 Å². The Balaban J connectivity index is 1.08. The molecule has 4 rings (SSSR count). The van der Waals surface area contributed by atoms with E-state index in [1.807, 2.05) is 0 Å². The number of halogens is 2. The summed E-state index contributed by atoms with van der Waals surface area (Å²) in [4.78, 5) is 0. The van der Waals surface area contributed by atoms with Gasteiger partial charge in [-0.25, -0.2) is 0 Å². The number of aromatic nitrogens is 2. The number of hydrogen-bond donors (Lipinski definition) is 0. The first kappa shape index (κ1) is 27.7. The average molecular weight is 706 g/mol. The highest BCUT2D eigenvalue weighted by atomic mass is 127. The average Bonchev–Trinajstić information content (AvgIpc) is 2.90. The lowest BCUT2D eigenvalue weighted by molar-refractivity contribution is -0.652. The van der Waals surface area contributed by atoms with E-state index in [-0.39, 0.29) is 0 Å². The Morgan fingerprint density at radius 2 is 0.861 bits per heavy atom. The molecule has 2 atom stereocenters. The van der Waals surface area contributed by atoms with Crippen LogP contribution in [0.25, 0.3) is 21.8 Å². The molecule has 2 unspecified atom stereocenters. The van der Waals surface area contributed by atoms with Crippen molar-refractivity contribution in [1.29, 1.82) is 0 Å². The van der Waals surface area contributed by atoms with E-state index >= 15 is 0 Å². The standard InChI is InChI=1S/C32H40I2N2/c1-35-29-19-13-11-15-25(29)21-23-31(35)27(33)17-9-7-5-3-4-6-8-10-18-28(34)32-24-22-26-16-12-14-20-30(26)36(32)2/h11-16,19-24,27-28H,3-10,17-18H2,1-2H3/q+2. The van der Waals surface area contributed by atoms with E-state index < -0.39 is 0 Å². The number of alkyl halides is 2. The van der Waals surface area contributed by atoms with Gasteiger partial charge in [0, 0.05) is 35.0 Å². The maximum Gasteiger partial charge on any atom is 0.212 e. The van der Waals surface area contributed by atoms with Gasteiger partial charge < -0.3 is 0 Å². The van der Waals surface area contributed by atoms with Crippen LogP contribution in [0.5, 0.6) is 0 Å². The molecule has 0 fully saturated rings. The molecule has 0 aliphatic carbocycles. The molecule has 0 bridgehead atoms. The molecule has 0 saturated carbocycles. The monoisotopic (exact) mass is 706 g/mol. The Morgan fingerprint density at radius 1 is 0.500 bits per heavy atom. The van der Waals surface area contributed by atoms with E-state index in [1.54, 1.807) is 0 Å². The molecule has 0 aliphatic rings. The summed E-state index contributed by atoms with van der Waals surface area (Å²) in [6.45, 7) is 0. The molecule has 4 heteroatoms. The van der Waals surface area contributed by atoms with Crippen LogP contribution in [0.3, 0.4) is 0 Å². The Hall–Kier alpha value is -1.28. The minimum absolute atomic E-state index is 0.586. The normalized spacial score (nSPS) is 13.3. The Labute approximate surface area is 244 Å². The number of para-hydroxylation sites is 2. The van der Waals surface area contributed by atoms with Gasteiger partial charge in [0.25, 0.3) is 0 Å². The lowest BCUT2D eigenvalue weighted by Gasteiger charge is -2.10. The summed E-state index contributed by atoms with van der Waals surface area (Å²) in [7, 11) is 4.43. The Morgan fingerprint density at radius 3 is 1.28 bits per heavy atom. The second-order valence-electron chi connectivity index (χ2n) is 10.1. The number of rotatable bonds is 13. The second-order valence-corrected chi connectivity index (χ2v) is 13.1. The first-order chi connectivity index (χ1) is 17.6. The third kappa shape index (κ3) is 7.18. The molecule has 0 spiro atoms. The van der Waals surface area contributed by atoms with E-state index in [2.05, 4.69) is 141 Å². The predicted molar refractivity (Wildman–Crippen MR) is 170 cm³/mol. The van der Waals surface area contributed by atoms with E-state index in [9.17, 15) is 0 Å². The summed E-state index contributed by atoms with van der Waals surface area (Å²) in [5, 5.41) is 2.65. The van der Waals surface area contributed by atoms with Crippen molar-refractivity contribution in [3.8, 4) is 0 Å². The fourth-order valence-electron chi connectivity index (χ4n) is 5.35. The van der Waals surface area contributed by atoms with Gasteiger partial charge in [0.2, 0.25) is 11.0 Å². The summed E-state index contributed by atoms with van der Waals surface area (Å²) in [6, 6.07) is 26.6. The van der Waals surface area contributed by atoms with Gasteiger partial charge in [-0.05, 0) is 37.1 Å². The molecule has 0 saturated heterocycles. The number of hydrogen-bond acceptors (Lipinski definition) is 0. The first-order valence-corrected chi connectivity index (χ1v) is 16.1. The van der Waals surface area contributed by atoms with Gasteiger partial charge in [-0.2, -0.15) is 9.13 Å². The summed E-state index contributed by atoms with van der Waals surface area (Å²) >= 11 is 5.28. The SMILES string of the molecule is C[n+]1c(C(I)CCCCCCCCCCC(I)c2ccc3ccccc3[n+]2C)ccc2ccccc21. The number of nitrogens with zero attached hydrogens (tertiary/aromatic N) is 2. The van der Waals surface area contributed by atoms with E-state index in [0.29, 0.717) is 7.85 Å². The van der Waals surface area contributed by atoms with Crippen LogP contribution in [0.2, 0.25) is 0 Å². The molecule has 2 aromatic heterocycles. The van der Waals surface area contributed by atoms with Crippen LogP contribution < -0.4 is 9.13 Å². The number of fused-ring (bicyclic) bond motifs is 2. The van der Waals surface area contributed by atoms with Gasteiger partial charge in [-0.1, -0.05) is 121 Å². The predicted octanol–water partition coefficient (Wildman–Crippen LogP) is 9.20.